The lowest BCUT2D eigenvalue weighted by molar-refractivity contribution is 0.0796. The SMILES string of the molecule is CCCC[Si@H]1CC[C@H]([C@H]2CC[C@H](c3cc(F)c(OCC(F)F)cc3F)CC2)CC1. The number of benzene rings is 1. The van der Waals surface area contributed by atoms with Crippen molar-refractivity contribution in [2.45, 2.75) is 88.8 Å². The average Bonchev–Trinajstić information content (AvgIpc) is 2.73. The van der Waals surface area contributed by atoms with Gasteiger partial charge in [-0.05, 0) is 55.1 Å². The first-order valence-corrected chi connectivity index (χ1v) is 13.8. The quantitative estimate of drug-likeness (QED) is 0.310. The summed E-state index contributed by atoms with van der Waals surface area (Å²) in [5.41, 5.74) is 0.376. The van der Waals surface area contributed by atoms with Crippen molar-refractivity contribution in [1.82, 2.24) is 0 Å². The monoisotopic (exact) mass is 430 g/mol. The van der Waals surface area contributed by atoms with E-state index in [-0.39, 0.29) is 5.92 Å². The van der Waals surface area contributed by atoms with E-state index in [0.717, 1.165) is 49.7 Å². The summed E-state index contributed by atoms with van der Waals surface area (Å²) in [6.07, 6.45) is 6.70. The largest absolute Gasteiger partial charge is 0.484 e. The molecule has 0 bridgehead atoms. The van der Waals surface area contributed by atoms with Crippen LogP contribution in [0.3, 0.4) is 0 Å². The molecular formula is C23H34F4OSi. The third-order valence-electron chi connectivity index (χ3n) is 7.15. The number of hydrogen-bond donors (Lipinski definition) is 0. The fourth-order valence-corrected chi connectivity index (χ4v) is 9.11. The van der Waals surface area contributed by atoms with Gasteiger partial charge in [-0.25, -0.2) is 17.6 Å². The lowest BCUT2D eigenvalue weighted by atomic mass is 9.72. The van der Waals surface area contributed by atoms with Gasteiger partial charge in [-0.2, -0.15) is 0 Å². The first-order chi connectivity index (χ1) is 14.0. The van der Waals surface area contributed by atoms with Crippen LogP contribution in [0.25, 0.3) is 0 Å². The predicted molar refractivity (Wildman–Crippen MR) is 112 cm³/mol. The Hall–Kier alpha value is -1.04. The Morgan fingerprint density at radius 1 is 0.966 bits per heavy atom. The molecule has 164 valence electrons. The molecule has 0 N–H and O–H groups in total. The van der Waals surface area contributed by atoms with Gasteiger partial charge in [-0.1, -0.05) is 50.7 Å². The van der Waals surface area contributed by atoms with Gasteiger partial charge in [0.2, 0.25) is 0 Å². The van der Waals surface area contributed by atoms with Gasteiger partial charge < -0.3 is 4.74 Å². The van der Waals surface area contributed by atoms with Crippen LogP contribution in [0.2, 0.25) is 18.1 Å². The molecule has 1 saturated carbocycles. The van der Waals surface area contributed by atoms with E-state index in [9.17, 15) is 17.6 Å². The van der Waals surface area contributed by atoms with Crippen molar-refractivity contribution in [3.05, 3.63) is 29.3 Å². The molecule has 1 nitrogen and oxygen atoms in total. The molecule has 0 aromatic heterocycles. The van der Waals surface area contributed by atoms with Crippen LogP contribution in [0, 0.1) is 23.5 Å². The van der Waals surface area contributed by atoms with Gasteiger partial charge in [0.25, 0.3) is 6.43 Å². The number of hydrogen-bond acceptors (Lipinski definition) is 1. The molecule has 1 saturated heterocycles. The van der Waals surface area contributed by atoms with Gasteiger partial charge in [0.05, 0.1) is 0 Å². The summed E-state index contributed by atoms with van der Waals surface area (Å²) in [5, 5.41) is 0. The molecule has 1 aromatic rings. The Labute approximate surface area is 173 Å². The molecule has 1 aliphatic carbocycles. The Morgan fingerprint density at radius 3 is 2.24 bits per heavy atom. The maximum absolute atomic E-state index is 14.5. The summed E-state index contributed by atoms with van der Waals surface area (Å²) in [6, 6.07) is 6.58. The molecule has 0 unspecified atom stereocenters. The van der Waals surface area contributed by atoms with Crippen molar-refractivity contribution >= 4 is 8.80 Å². The average molecular weight is 431 g/mol. The summed E-state index contributed by atoms with van der Waals surface area (Å²) in [5.74, 6) is -0.146. The standard InChI is InChI=1S/C23H34F4OSi/c1-2-3-10-29-11-8-17(9-12-29)16-4-6-18(7-5-16)19-13-21(25)22(14-20(19)24)28-15-23(26)27/h13-14,16-18,23,29H,2-12,15H2,1H3/t16-,17-,18-,29-. The van der Waals surface area contributed by atoms with E-state index in [1.54, 1.807) is 0 Å². The lowest BCUT2D eigenvalue weighted by Crippen LogP contribution is -2.28. The zero-order chi connectivity index (χ0) is 20.8. The van der Waals surface area contributed by atoms with Gasteiger partial charge in [-0.15, -0.1) is 0 Å². The Balaban J connectivity index is 1.51. The van der Waals surface area contributed by atoms with Crippen LogP contribution in [0.4, 0.5) is 17.6 Å². The van der Waals surface area contributed by atoms with Crippen molar-refractivity contribution < 1.29 is 22.3 Å². The second-order valence-electron chi connectivity index (χ2n) is 9.04. The summed E-state index contributed by atoms with van der Waals surface area (Å²) >= 11 is 0. The second-order valence-corrected chi connectivity index (χ2v) is 12.5. The third-order valence-corrected chi connectivity index (χ3v) is 10.7. The van der Waals surface area contributed by atoms with Gasteiger partial charge in [0.1, 0.15) is 12.4 Å². The predicted octanol–water partition coefficient (Wildman–Crippen LogP) is 7.32. The van der Waals surface area contributed by atoms with Gasteiger partial charge in [-0.3, -0.25) is 0 Å². The van der Waals surface area contributed by atoms with E-state index in [2.05, 4.69) is 11.7 Å². The minimum atomic E-state index is -2.71. The Kier molecular flexibility index (Phi) is 8.45. The number of alkyl halides is 2. The topological polar surface area (TPSA) is 9.23 Å². The van der Waals surface area contributed by atoms with Gasteiger partial charge in [0.15, 0.2) is 11.6 Å². The normalized spacial score (nSPS) is 27.9. The van der Waals surface area contributed by atoms with Crippen molar-refractivity contribution in [2.75, 3.05) is 6.61 Å². The van der Waals surface area contributed by atoms with Crippen LogP contribution in [0.15, 0.2) is 12.1 Å². The van der Waals surface area contributed by atoms with Crippen molar-refractivity contribution in [3.63, 3.8) is 0 Å². The zero-order valence-corrected chi connectivity index (χ0v) is 18.6. The molecule has 1 aliphatic heterocycles. The number of rotatable bonds is 8. The number of unbranched alkanes of at least 4 members (excludes halogenated alkanes) is 1. The fraction of sp³-hybridized carbons (Fsp3) is 0.739. The van der Waals surface area contributed by atoms with Crippen LogP contribution in [0.5, 0.6) is 5.75 Å². The zero-order valence-electron chi connectivity index (χ0n) is 17.4. The molecule has 0 atom stereocenters. The van der Waals surface area contributed by atoms with Crippen LogP contribution in [-0.4, -0.2) is 21.8 Å². The minimum absolute atomic E-state index is 0.0140. The van der Waals surface area contributed by atoms with Crippen LogP contribution in [0.1, 0.15) is 69.8 Å². The van der Waals surface area contributed by atoms with E-state index in [1.807, 2.05) is 0 Å². The molecule has 0 radical (unpaired) electrons. The fourth-order valence-electron chi connectivity index (χ4n) is 5.46. The Bertz CT molecular complexity index is 638. The van der Waals surface area contributed by atoms with Gasteiger partial charge in [0, 0.05) is 14.9 Å². The van der Waals surface area contributed by atoms with Crippen LogP contribution >= 0.6 is 0 Å². The Morgan fingerprint density at radius 2 is 1.62 bits per heavy atom. The lowest BCUT2D eigenvalue weighted by Gasteiger charge is -2.37. The van der Waals surface area contributed by atoms with E-state index in [4.69, 9.17) is 0 Å². The minimum Gasteiger partial charge on any atom is -0.484 e. The van der Waals surface area contributed by atoms with E-state index in [1.165, 1.54) is 43.8 Å². The highest BCUT2D eigenvalue weighted by Gasteiger charge is 2.32. The molecule has 29 heavy (non-hydrogen) atoms. The van der Waals surface area contributed by atoms with Crippen LogP contribution < -0.4 is 4.74 Å². The highest BCUT2D eigenvalue weighted by molar-refractivity contribution is 6.58. The molecule has 1 aromatic carbocycles. The summed E-state index contributed by atoms with van der Waals surface area (Å²) in [4.78, 5) is 0. The molecule has 6 heteroatoms. The maximum Gasteiger partial charge on any atom is 0.272 e. The first kappa shape index (κ1) is 22.6. The summed E-state index contributed by atoms with van der Waals surface area (Å²) < 4.78 is 57.9. The molecular weight excluding hydrogens is 396 g/mol. The molecule has 0 amide bonds. The first-order valence-electron chi connectivity index (χ1n) is 11.4. The highest BCUT2D eigenvalue weighted by Crippen LogP contribution is 2.44. The smallest absolute Gasteiger partial charge is 0.272 e. The number of ether oxygens (including phenoxy) is 1. The van der Waals surface area contributed by atoms with Gasteiger partial charge >= 0.3 is 0 Å². The molecule has 0 spiro atoms. The van der Waals surface area contributed by atoms with E-state index >= 15 is 0 Å². The van der Waals surface area contributed by atoms with Crippen molar-refractivity contribution in [2.24, 2.45) is 11.8 Å². The molecule has 1 heterocycles. The maximum atomic E-state index is 14.5. The molecule has 2 fully saturated rings. The van der Waals surface area contributed by atoms with Crippen LogP contribution in [-0.2, 0) is 0 Å². The van der Waals surface area contributed by atoms with Crippen molar-refractivity contribution in [1.29, 1.82) is 0 Å². The van der Waals surface area contributed by atoms with E-state index < -0.39 is 39.2 Å². The summed E-state index contributed by atoms with van der Waals surface area (Å²) in [6.45, 7) is 1.35. The molecule has 3 rings (SSSR count). The second kappa shape index (κ2) is 10.8. The highest BCUT2D eigenvalue weighted by atomic mass is 28.3. The van der Waals surface area contributed by atoms with Crippen molar-refractivity contribution in [3.8, 4) is 5.75 Å². The number of halogens is 4. The molecule has 2 aliphatic rings. The third kappa shape index (κ3) is 6.22. The summed E-state index contributed by atoms with van der Waals surface area (Å²) in [7, 11) is -0.478. The van der Waals surface area contributed by atoms with E-state index in [0.29, 0.717) is 5.56 Å².